The van der Waals surface area contributed by atoms with E-state index in [9.17, 15) is 9.59 Å². The van der Waals surface area contributed by atoms with Crippen LogP contribution in [-0.2, 0) is 0 Å². The Labute approximate surface area is 210 Å². The number of ether oxygens (including phenoxy) is 3. The summed E-state index contributed by atoms with van der Waals surface area (Å²) in [5.74, 6) is 1.13. The van der Waals surface area contributed by atoms with E-state index in [1.54, 1.807) is 55.5 Å². The molecule has 0 fully saturated rings. The summed E-state index contributed by atoms with van der Waals surface area (Å²) in [6.45, 7) is 1.80. The lowest BCUT2D eigenvalue weighted by atomic mass is 10.2. The van der Waals surface area contributed by atoms with Crippen LogP contribution >= 0.6 is 31.9 Å². The first-order chi connectivity index (χ1) is 16.4. The number of fused-ring (bicyclic) bond motifs is 2. The number of esters is 1. The number of nitrogens with zero attached hydrogens (tertiary/aromatic N) is 3. The second-order valence-corrected chi connectivity index (χ2v) is 9.07. The van der Waals surface area contributed by atoms with Gasteiger partial charge >= 0.3 is 5.97 Å². The lowest BCUT2D eigenvalue weighted by Crippen LogP contribution is -2.20. The second kappa shape index (κ2) is 9.03. The van der Waals surface area contributed by atoms with Gasteiger partial charge in [-0.2, -0.15) is 9.78 Å². The highest BCUT2D eigenvalue weighted by molar-refractivity contribution is 9.11. The number of carbonyl (C=O) groups is 1. The van der Waals surface area contributed by atoms with Crippen molar-refractivity contribution in [2.45, 2.75) is 6.92 Å². The molecule has 170 valence electrons. The summed E-state index contributed by atoms with van der Waals surface area (Å²) in [5, 5.41) is 4.80. The van der Waals surface area contributed by atoms with Crippen molar-refractivity contribution in [1.82, 2.24) is 9.66 Å². The van der Waals surface area contributed by atoms with Crippen LogP contribution in [0.5, 0.6) is 17.2 Å². The van der Waals surface area contributed by atoms with E-state index in [1.165, 1.54) is 10.9 Å². The Morgan fingerprint density at radius 1 is 1.12 bits per heavy atom. The van der Waals surface area contributed by atoms with Gasteiger partial charge in [0.25, 0.3) is 5.56 Å². The maximum atomic E-state index is 12.9. The first-order valence-electron chi connectivity index (χ1n) is 10.0. The van der Waals surface area contributed by atoms with Crippen molar-refractivity contribution in [1.29, 1.82) is 0 Å². The van der Waals surface area contributed by atoms with Gasteiger partial charge in [-0.1, -0.05) is 28.1 Å². The molecule has 0 atom stereocenters. The zero-order valence-corrected chi connectivity index (χ0v) is 20.8. The van der Waals surface area contributed by atoms with Gasteiger partial charge in [0.05, 0.1) is 27.2 Å². The number of rotatable bonds is 4. The molecule has 2 heterocycles. The summed E-state index contributed by atoms with van der Waals surface area (Å²) < 4.78 is 18.8. The second-order valence-electron chi connectivity index (χ2n) is 7.30. The van der Waals surface area contributed by atoms with Crippen LogP contribution in [0, 0.1) is 6.92 Å². The van der Waals surface area contributed by atoms with Gasteiger partial charge in [-0.15, -0.1) is 0 Å². The number of halogens is 2. The van der Waals surface area contributed by atoms with Crippen LogP contribution < -0.4 is 19.8 Å². The largest absolute Gasteiger partial charge is 0.454 e. The topological polar surface area (TPSA) is 92.0 Å². The average molecular weight is 585 g/mol. The first-order valence-corrected chi connectivity index (χ1v) is 11.6. The Morgan fingerprint density at radius 2 is 1.91 bits per heavy atom. The molecule has 0 aliphatic carbocycles. The maximum Gasteiger partial charge on any atom is 0.343 e. The van der Waals surface area contributed by atoms with Gasteiger partial charge in [0, 0.05) is 10.0 Å². The Hall–Kier alpha value is -3.50. The number of hydrogen-bond acceptors (Lipinski definition) is 7. The van der Waals surface area contributed by atoms with Crippen molar-refractivity contribution in [2.75, 3.05) is 6.79 Å². The molecular formula is C24H15Br2N3O5. The number of hydrogen-bond donors (Lipinski definition) is 0. The Morgan fingerprint density at radius 3 is 2.76 bits per heavy atom. The molecule has 0 spiro atoms. The monoisotopic (exact) mass is 583 g/mol. The Balaban J connectivity index is 1.51. The highest BCUT2D eigenvalue weighted by Gasteiger charge is 2.20. The van der Waals surface area contributed by atoms with Crippen LogP contribution in [0.25, 0.3) is 10.9 Å². The van der Waals surface area contributed by atoms with E-state index in [2.05, 4.69) is 41.9 Å². The van der Waals surface area contributed by atoms with Gasteiger partial charge in [-0.3, -0.25) is 4.79 Å². The van der Waals surface area contributed by atoms with Gasteiger partial charge in [-0.05, 0) is 65.3 Å². The minimum absolute atomic E-state index is 0.106. The van der Waals surface area contributed by atoms with Crippen LogP contribution in [0.4, 0.5) is 0 Å². The molecule has 5 rings (SSSR count). The number of para-hydroxylation sites is 1. The standard InChI is InChI=1S/C24H15Br2N3O5/c1-13-28-19-5-3-2-4-17(19)23(30)29(13)27-11-15-8-16(25)10-18(26)22(15)34-24(31)14-6-7-20-21(9-14)33-12-32-20/h2-11H,12H2,1H3. The number of carbonyl (C=O) groups excluding carboxylic acids is 1. The van der Waals surface area contributed by atoms with Gasteiger partial charge in [0.2, 0.25) is 6.79 Å². The number of benzene rings is 3. The third-order valence-electron chi connectivity index (χ3n) is 5.07. The van der Waals surface area contributed by atoms with E-state index >= 15 is 0 Å². The van der Waals surface area contributed by atoms with Crippen LogP contribution in [0.15, 0.2) is 73.4 Å². The molecule has 1 aliphatic rings. The highest BCUT2D eigenvalue weighted by atomic mass is 79.9. The average Bonchev–Trinajstić information content (AvgIpc) is 3.29. The zero-order valence-electron chi connectivity index (χ0n) is 17.6. The molecule has 8 nitrogen and oxygen atoms in total. The lowest BCUT2D eigenvalue weighted by molar-refractivity contribution is 0.0733. The molecule has 10 heteroatoms. The zero-order chi connectivity index (χ0) is 23.8. The molecule has 34 heavy (non-hydrogen) atoms. The molecule has 0 amide bonds. The first kappa shape index (κ1) is 22.3. The summed E-state index contributed by atoms with van der Waals surface area (Å²) in [7, 11) is 0. The Kier molecular flexibility index (Phi) is 5.93. The third-order valence-corrected chi connectivity index (χ3v) is 6.11. The van der Waals surface area contributed by atoms with Crippen LogP contribution in [0.2, 0.25) is 0 Å². The van der Waals surface area contributed by atoms with E-state index in [0.717, 1.165) is 4.47 Å². The predicted molar refractivity (Wildman–Crippen MR) is 133 cm³/mol. The number of aryl methyl sites for hydroxylation is 1. The van der Waals surface area contributed by atoms with Crippen LogP contribution in [0.3, 0.4) is 0 Å². The minimum atomic E-state index is -0.586. The Bertz CT molecular complexity index is 1550. The highest BCUT2D eigenvalue weighted by Crippen LogP contribution is 2.35. The molecule has 0 saturated carbocycles. The van der Waals surface area contributed by atoms with Crippen LogP contribution in [-0.4, -0.2) is 28.6 Å². The van der Waals surface area contributed by atoms with E-state index in [4.69, 9.17) is 14.2 Å². The van der Waals surface area contributed by atoms with Crippen molar-refractivity contribution in [3.63, 3.8) is 0 Å². The fourth-order valence-corrected chi connectivity index (χ4v) is 4.79. The quantitative estimate of drug-likeness (QED) is 0.189. The molecule has 0 bridgehead atoms. The van der Waals surface area contributed by atoms with E-state index in [0.29, 0.717) is 43.8 Å². The summed E-state index contributed by atoms with van der Waals surface area (Å²) in [6, 6.07) is 15.4. The third kappa shape index (κ3) is 4.22. The predicted octanol–water partition coefficient (Wildman–Crippen LogP) is 5.06. The molecule has 3 aromatic carbocycles. The molecule has 1 aliphatic heterocycles. The van der Waals surface area contributed by atoms with E-state index in [1.807, 2.05) is 6.07 Å². The van der Waals surface area contributed by atoms with E-state index < -0.39 is 5.97 Å². The van der Waals surface area contributed by atoms with Crippen molar-refractivity contribution in [2.24, 2.45) is 5.10 Å². The van der Waals surface area contributed by atoms with Gasteiger partial charge in [-0.25, -0.2) is 9.78 Å². The van der Waals surface area contributed by atoms with Crippen molar-refractivity contribution in [3.8, 4) is 17.2 Å². The molecule has 0 N–H and O–H groups in total. The minimum Gasteiger partial charge on any atom is -0.454 e. The molecule has 0 radical (unpaired) electrons. The fourth-order valence-electron chi connectivity index (χ4n) is 3.45. The smallest absolute Gasteiger partial charge is 0.343 e. The van der Waals surface area contributed by atoms with Gasteiger partial charge in [0.15, 0.2) is 17.2 Å². The number of aromatic nitrogens is 2. The maximum absolute atomic E-state index is 12.9. The van der Waals surface area contributed by atoms with Crippen molar-refractivity contribution >= 4 is 54.9 Å². The van der Waals surface area contributed by atoms with Crippen molar-refractivity contribution < 1.29 is 19.0 Å². The molecule has 0 unspecified atom stereocenters. The normalized spacial score (nSPS) is 12.4. The summed E-state index contributed by atoms with van der Waals surface area (Å²) in [5.41, 5.74) is 1.06. The van der Waals surface area contributed by atoms with E-state index in [-0.39, 0.29) is 18.1 Å². The van der Waals surface area contributed by atoms with Crippen molar-refractivity contribution in [3.05, 3.63) is 90.8 Å². The summed E-state index contributed by atoms with van der Waals surface area (Å²) in [4.78, 5) is 30.2. The molecule has 0 saturated heterocycles. The van der Waals surface area contributed by atoms with Gasteiger partial charge < -0.3 is 14.2 Å². The summed E-state index contributed by atoms with van der Waals surface area (Å²) >= 11 is 6.88. The molecular weight excluding hydrogens is 570 g/mol. The lowest BCUT2D eigenvalue weighted by Gasteiger charge is -2.11. The fraction of sp³-hybridized carbons (Fsp3) is 0.0833. The summed E-state index contributed by atoms with van der Waals surface area (Å²) in [6.07, 6.45) is 1.45. The molecule has 4 aromatic rings. The molecule has 1 aromatic heterocycles. The van der Waals surface area contributed by atoms with Crippen LogP contribution in [0.1, 0.15) is 21.7 Å². The SMILES string of the molecule is Cc1nc2ccccc2c(=O)n1N=Cc1cc(Br)cc(Br)c1OC(=O)c1ccc2c(c1)OCO2. The van der Waals surface area contributed by atoms with Gasteiger partial charge in [0.1, 0.15) is 5.82 Å².